The average molecular weight is 302 g/mol. The van der Waals surface area contributed by atoms with Crippen LogP contribution in [0.15, 0.2) is 11.4 Å². The van der Waals surface area contributed by atoms with E-state index in [1.165, 1.54) is 0 Å². The number of hydrogen-bond acceptors (Lipinski definition) is 2. The van der Waals surface area contributed by atoms with Crippen LogP contribution in [0.4, 0.5) is 8.78 Å². The molecule has 0 aliphatic heterocycles. The summed E-state index contributed by atoms with van der Waals surface area (Å²) in [6.45, 7) is 1.69. The van der Waals surface area contributed by atoms with Crippen molar-refractivity contribution >= 4 is 17.3 Å². The lowest BCUT2D eigenvalue weighted by atomic mass is 9.68. The van der Waals surface area contributed by atoms with Crippen LogP contribution in [0.2, 0.25) is 0 Å². The molecule has 1 aromatic heterocycles. The highest BCUT2D eigenvalue weighted by molar-refractivity contribution is 7.10. The van der Waals surface area contributed by atoms with Crippen molar-refractivity contribution in [2.24, 2.45) is 5.41 Å². The smallest absolute Gasteiger partial charge is 0.303 e. The van der Waals surface area contributed by atoms with Crippen molar-refractivity contribution in [3.8, 4) is 0 Å². The number of hydrogen-bond donors (Lipinski definition) is 1. The minimum absolute atomic E-state index is 0.0906. The van der Waals surface area contributed by atoms with E-state index in [9.17, 15) is 13.6 Å². The minimum atomic E-state index is -2.93. The number of halogens is 2. The molecule has 1 N–H and O–H groups in total. The van der Waals surface area contributed by atoms with Crippen LogP contribution in [0.1, 0.15) is 55.4 Å². The molecule has 2 nitrogen and oxygen atoms in total. The summed E-state index contributed by atoms with van der Waals surface area (Å²) in [5.41, 5.74) is -0.148. The van der Waals surface area contributed by atoms with Gasteiger partial charge in [0.15, 0.2) is 0 Å². The predicted octanol–water partition coefficient (Wildman–Crippen LogP) is 4.96. The molecule has 0 amide bonds. The number of carbonyl (C=O) groups is 1. The highest BCUT2D eigenvalue weighted by Gasteiger charge is 2.46. The van der Waals surface area contributed by atoms with Crippen LogP contribution in [0.5, 0.6) is 0 Å². The first-order chi connectivity index (χ1) is 9.35. The van der Waals surface area contributed by atoms with E-state index < -0.39 is 17.3 Å². The third-order valence-corrected chi connectivity index (χ3v) is 5.36. The molecule has 1 saturated carbocycles. The Morgan fingerprint density at radius 1 is 1.40 bits per heavy atom. The lowest BCUT2D eigenvalue weighted by Crippen LogP contribution is -2.33. The topological polar surface area (TPSA) is 37.3 Å². The summed E-state index contributed by atoms with van der Waals surface area (Å²) in [6, 6.07) is 1.69. The zero-order valence-corrected chi connectivity index (χ0v) is 12.4. The third kappa shape index (κ3) is 3.37. The van der Waals surface area contributed by atoms with Gasteiger partial charge < -0.3 is 5.11 Å². The SMILES string of the molecule is Cc1ccsc1C(F)(F)CC1(CC(=O)O)CCCCC1. The van der Waals surface area contributed by atoms with Crippen LogP contribution in [0.25, 0.3) is 0 Å². The summed E-state index contributed by atoms with van der Waals surface area (Å²) in [7, 11) is 0. The van der Waals surface area contributed by atoms with Gasteiger partial charge in [-0.05, 0) is 42.2 Å². The van der Waals surface area contributed by atoms with Gasteiger partial charge in [0, 0.05) is 6.42 Å². The van der Waals surface area contributed by atoms with Crippen LogP contribution in [0.3, 0.4) is 0 Å². The van der Waals surface area contributed by atoms with Crippen LogP contribution < -0.4 is 0 Å². The Hall–Kier alpha value is -0.970. The molecule has 0 radical (unpaired) electrons. The molecule has 0 aromatic carbocycles. The second-order valence-corrected chi connectivity index (χ2v) is 6.86. The molecule has 1 aliphatic rings. The van der Waals surface area contributed by atoms with Gasteiger partial charge in [0.1, 0.15) is 0 Å². The average Bonchev–Trinajstić information content (AvgIpc) is 2.75. The van der Waals surface area contributed by atoms with Gasteiger partial charge in [0.25, 0.3) is 5.92 Å². The Bertz CT molecular complexity index is 476. The lowest BCUT2D eigenvalue weighted by molar-refractivity contribution is -0.143. The summed E-state index contributed by atoms with van der Waals surface area (Å²) in [5.74, 6) is -3.89. The fourth-order valence-corrected chi connectivity index (χ4v) is 4.24. The fourth-order valence-electron chi connectivity index (χ4n) is 3.34. The number of carboxylic acid groups (broad SMARTS) is 1. The Kier molecular flexibility index (Phi) is 4.47. The first-order valence-electron chi connectivity index (χ1n) is 6.99. The molecule has 0 bridgehead atoms. The first kappa shape index (κ1) is 15.4. The zero-order chi connectivity index (χ0) is 14.8. The van der Waals surface area contributed by atoms with Crippen molar-refractivity contribution in [1.29, 1.82) is 0 Å². The van der Waals surface area contributed by atoms with E-state index >= 15 is 0 Å². The molecule has 0 atom stereocenters. The molecule has 0 unspecified atom stereocenters. The van der Waals surface area contributed by atoms with Crippen molar-refractivity contribution in [3.63, 3.8) is 0 Å². The molecule has 2 rings (SSSR count). The van der Waals surface area contributed by atoms with Crippen LogP contribution in [-0.4, -0.2) is 11.1 Å². The fraction of sp³-hybridized carbons (Fsp3) is 0.667. The van der Waals surface area contributed by atoms with Gasteiger partial charge in [-0.15, -0.1) is 11.3 Å². The second-order valence-electron chi connectivity index (χ2n) is 5.95. The number of alkyl halides is 2. The van der Waals surface area contributed by atoms with E-state index in [0.29, 0.717) is 18.4 Å². The molecule has 5 heteroatoms. The van der Waals surface area contributed by atoms with Gasteiger partial charge in [-0.3, -0.25) is 4.79 Å². The second kappa shape index (κ2) is 5.80. The maximum absolute atomic E-state index is 14.5. The van der Waals surface area contributed by atoms with Crippen molar-refractivity contribution in [1.82, 2.24) is 0 Å². The minimum Gasteiger partial charge on any atom is -0.481 e. The Morgan fingerprint density at radius 2 is 2.05 bits per heavy atom. The van der Waals surface area contributed by atoms with Gasteiger partial charge in [-0.25, -0.2) is 8.78 Å². The van der Waals surface area contributed by atoms with Crippen molar-refractivity contribution in [3.05, 3.63) is 21.9 Å². The molecule has 1 fully saturated rings. The van der Waals surface area contributed by atoms with Gasteiger partial charge in [0.05, 0.1) is 11.3 Å². The number of aryl methyl sites for hydroxylation is 1. The van der Waals surface area contributed by atoms with Crippen molar-refractivity contribution in [2.75, 3.05) is 0 Å². The summed E-state index contributed by atoms with van der Waals surface area (Å²) in [4.78, 5) is 11.2. The van der Waals surface area contributed by atoms with Gasteiger partial charge in [0.2, 0.25) is 0 Å². The Labute approximate surface area is 121 Å². The molecule has 1 heterocycles. The van der Waals surface area contributed by atoms with Gasteiger partial charge in [-0.2, -0.15) is 0 Å². The molecule has 1 aromatic rings. The monoisotopic (exact) mass is 302 g/mol. The maximum atomic E-state index is 14.5. The van der Waals surface area contributed by atoms with Crippen LogP contribution >= 0.6 is 11.3 Å². The molecular weight excluding hydrogens is 282 g/mol. The molecule has 20 heavy (non-hydrogen) atoms. The van der Waals surface area contributed by atoms with Gasteiger partial charge in [-0.1, -0.05) is 19.3 Å². The summed E-state index contributed by atoms with van der Waals surface area (Å²) in [5, 5.41) is 10.7. The highest BCUT2D eigenvalue weighted by atomic mass is 32.1. The molecule has 0 saturated heterocycles. The highest BCUT2D eigenvalue weighted by Crippen LogP contribution is 2.51. The van der Waals surface area contributed by atoms with Crippen LogP contribution in [0, 0.1) is 12.3 Å². The predicted molar refractivity (Wildman–Crippen MR) is 75.3 cm³/mol. The lowest BCUT2D eigenvalue weighted by Gasteiger charge is -2.38. The quantitative estimate of drug-likeness (QED) is 0.834. The Morgan fingerprint density at radius 3 is 2.55 bits per heavy atom. The molecule has 1 aliphatic carbocycles. The summed E-state index contributed by atoms with van der Waals surface area (Å²) in [6.07, 6.45) is 3.43. The Balaban J connectivity index is 2.22. The third-order valence-electron chi connectivity index (χ3n) is 4.23. The normalized spacial score (nSPS) is 18.9. The van der Waals surface area contributed by atoms with E-state index in [0.717, 1.165) is 30.6 Å². The van der Waals surface area contributed by atoms with Crippen LogP contribution in [-0.2, 0) is 10.7 Å². The number of rotatable bonds is 5. The standard InChI is InChI=1S/C15H20F2O2S/c1-11-5-8-20-13(11)15(16,17)10-14(9-12(18)19)6-3-2-4-7-14/h5,8H,2-4,6-7,9-10H2,1H3,(H,18,19). The van der Waals surface area contributed by atoms with Gasteiger partial charge >= 0.3 is 5.97 Å². The largest absolute Gasteiger partial charge is 0.481 e. The van der Waals surface area contributed by atoms with Crippen molar-refractivity contribution in [2.45, 2.75) is 57.8 Å². The summed E-state index contributed by atoms with van der Waals surface area (Å²) >= 11 is 1.07. The number of thiophene rings is 1. The van der Waals surface area contributed by atoms with E-state index in [1.54, 1.807) is 18.4 Å². The number of aliphatic carboxylic acids is 1. The number of carboxylic acids is 1. The first-order valence-corrected chi connectivity index (χ1v) is 7.87. The van der Waals surface area contributed by atoms with E-state index in [4.69, 9.17) is 5.11 Å². The maximum Gasteiger partial charge on any atom is 0.303 e. The van der Waals surface area contributed by atoms with Crippen molar-refractivity contribution < 1.29 is 18.7 Å². The molecular formula is C15H20F2O2S. The zero-order valence-electron chi connectivity index (χ0n) is 11.6. The molecule has 112 valence electrons. The van der Waals surface area contributed by atoms with E-state index in [-0.39, 0.29) is 17.7 Å². The summed E-state index contributed by atoms with van der Waals surface area (Å²) < 4.78 is 29.1. The molecule has 0 spiro atoms. The van der Waals surface area contributed by atoms with E-state index in [1.807, 2.05) is 0 Å². The van der Waals surface area contributed by atoms with E-state index in [2.05, 4.69) is 0 Å².